The molecule has 0 saturated heterocycles. The molecule has 0 aliphatic heterocycles. The lowest BCUT2D eigenvalue weighted by atomic mass is 10.0. The van der Waals surface area contributed by atoms with E-state index < -0.39 is 28.5 Å². The number of amides is 2. The number of nitrogens with zero attached hydrogens (tertiary/aromatic N) is 2. The number of nitrogens with one attached hydrogen (secondary N) is 1. The first-order chi connectivity index (χ1) is 15.5. The highest BCUT2D eigenvalue weighted by Gasteiger charge is 2.29. The van der Waals surface area contributed by atoms with Gasteiger partial charge in [0.25, 0.3) is 0 Å². The Morgan fingerprint density at radius 2 is 1.70 bits per heavy atom. The molecule has 0 bridgehead atoms. The van der Waals surface area contributed by atoms with Crippen LogP contribution < -0.4 is 14.4 Å². The molecule has 2 aromatic rings. The van der Waals surface area contributed by atoms with Crippen molar-refractivity contribution in [3.63, 3.8) is 0 Å². The number of carbonyl (C=O) groups is 2. The van der Waals surface area contributed by atoms with Crippen LogP contribution in [-0.4, -0.2) is 58.1 Å². The van der Waals surface area contributed by atoms with Crippen molar-refractivity contribution in [3.05, 3.63) is 59.7 Å². The van der Waals surface area contributed by atoms with E-state index >= 15 is 0 Å². The summed E-state index contributed by atoms with van der Waals surface area (Å²) in [5.74, 6) is 0.0698. The van der Waals surface area contributed by atoms with E-state index in [9.17, 15) is 18.0 Å². The van der Waals surface area contributed by atoms with Crippen LogP contribution in [0.5, 0.6) is 5.75 Å². The zero-order valence-corrected chi connectivity index (χ0v) is 20.8. The van der Waals surface area contributed by atoms with Crippen molar-refractivity contribution in [2.24, 2.45) is 0 Å². The number of sulfonamides is 1. The second-order valence-corrected chi connectivity index (χ2v) is 10.1. The summed E-state index contributed by atoms with van der Waals surface area (Å²) in [5, 5.41) is 2.55. The van der Waals surface area contributed by atoms with Crippen molar-refractivity contribution in [2.45, 2.75) is 39.3 Å². The zero-order chi connectivity index (χ0) is 24.8. The van der Waals surface area contributed by atoms with Gasteiger partial charge in [0, 0.05) is 13.6 Å². The van der Waals surface area contributed by atoms with Gasteiger partial charge in [0.15, 0.2) is 0 Å². The van der Waals surface area contributed by atoms with Crippen molar-refractivity contribution >= 4 is 27.5 Å². The van der Waals surface area contributed by atoms with Gasteiger partial charge in [0.05, 0.1) is 19.1 Å². The lowest BCUT2D eigenvalue weighted by molar-refractivity contribution is -0.139. The average Bonchev–Trinajstić information content (AvgIpc) is 2.79. The Morgan fingerprint density at radius 3 is 2.21 bits per heavy atom. The van der Waals surface area contributed by atoms with E-state index in [4.69, 9.17) is 4.74 Å². The number of anilines is 1. The summed E-state index contributed by atoms with van der Waals surface area (Å²) in [5.41, 5.74) is 2.21. The van der Waals surface area contributed by atoms with Crippen LogP contribution in [0, 0.1) is 0 Å². The van der Waals surface area contributed by atoms with Gasteiger partial charge in [0.1, 0.15) is 18.3 Å². The molecule has 1 N–H and O–H groups in total. The number of carbonyl (C=O) groups excluding carboxylic acids is 2. The van der Waals surface area contributed by atoms with Crippen molar-refractivity contribution in [2.75, 3.05) is 31.3 Å². The van der Waals surface area contributed by atoms with Crippen LogP contribution in [0.2, 0.25) is 0 Å². The fraction of sp³-hybridized carbons (Fsp3) is 0.417. The molecule has 0 heterocycles. The van der Waals surface area contributed by atoms with E-state index in [1.807, 2.05) is 32.0 Å². The maximum atomic E-state index is 13.4. The Hall–Kier alpha value is -3.07. The van der Waals surface area contributed by atoms with Crippen LogP contribution in [0.4, 0.5) is 5.69 Å². The van der Waals surface area contributed by atoms with Gasteiger partial charge in [0.2, 0.25) is 21.8 Å². The van der Waals surface area contributed by atoms with Crippen molar-refractivity contribution in [3.8, 4) is 5.75 Å². The van der Waals surface area contributed by atoms with Crippen molar-refractivity contribution in [1.82, 2.24) is 10.2 Å². The second-order valence-electron chi connectivity index (χ2n) is 8.18. The maximum Gasteiger partial charge on any atom is 0.244 e. The Kier molecular flexibility index (Phi) is 8.87. The topological polar surface area (TPSA) is 96.0 Å². The summed E-state index contributed by atoms with van der Waals surface area (Å²) in [4.78, 5) is 27.1. The van der Waals surface area contributed by atoms with Crippen LogP contribution in [-0.2, 0) is 26.2 Å². The largest absolute Gasteiger partial charge is 0.497 e. The number of benzene rings is 2. The van der Waals surface area contributed by atoms with Gasteiger partial charge in [-0.25, -0.2) is 8.42 Å². The third kappa shape index (κ3) is 6.95. The molecule has 0 aliphatic rings. The molecule has 1 unspecified atom stereocenters. The number of methoxy groups -OCH3 is 1. The molecular formula is C24H33N3O5S. The third-order valence-electron chi connectivity index (χ3n) is 5.43. The molecule has 0 fully saturated rings. The van der Waals surface area contributed by atoms with Gasteiger partial charge in [-0.05, 0) is 48.2 Å². The number of hydrogen-bond donors (Lipinski definition) is 1. The molecule has 0 aromatic heterocycles. The van der Waals surface area contributed by atoms with Crippen molar-refractivity contribution in [1.29, 1.82) is 0 Å². The molecule has 9 heteroatoms. The highest BCUT2D eigenvalue weighted by atomic mass is 32.2. The molecule has 2 amide bonds. The standard InChI is InChI=1S/C24H33N3O5S/c1-17(2)20-10-12-21(13-11-20)27(33(6,30)31)16-23(28)26(18(3)24(29)25-4)15-19-8-7-9-22(14-19)32-5/h7-14,17-18H,15-16H2,1-6H3,(H,25,29). The normalized spacial score (nSPS) is 12.2. The quantitative estimate of drug-likeness (QED) is 0.570. The van der Waals surface area contributed by atoms with Crippen LogP contribution in [0.3, 0.4) is 0 Å². The fourth-order valence-corrected chi connectivity index (χ4v) is 4.25. The first-order valence-electron chi connectivity index (χ1n) is 10.7. The van der Waals surface area contributed by atoms with E-state index in [0.717, 1.165) is 21.7 Å². The first kappa shape index (κ1) is 26.2. The van der Waals surface area contributed by atoms with Crippen LogP contribution in [0.1, 0.15) is 37.8 Å². The molecule has 0 aliphatic carbocycles. The van der Waals surface area contributed by atoms with Gasteiger partial charge in [-0.2, -0.15) is 0 Å². The predicted octanol–water partition coefficient (Wildman–Crippen LogP) is 2.75. The summed E-state index contributed by atoms with van der Waals surface area (Å²) in [6, 6.07) is 13.4. The molecule has 33 heavy (non-hydrogen) atoms. The molecular weight excluding hydrogens is 442 g/mol. The van der Waals surface area contributed by atoms with Crippen LogP contribution >= 0.6 is 0 Å². The summed E-state index contributed by atoms with van der Waals surface area (Å²) < 4.78 is 31.5. The molecule has 180 valence electrons. The van der Waals surface area contributed by atoms with Gasteiger partial charge < -0.3 is 15.0 Å². The van der Waals surface area contributed by atoms with Gasteiger partial charge in [-0.15, -0.1) is 0 Å². The predicted molar refractivity (Wildman–Crippen MR) is 130 cm³/mol. The minimum absolute atomic E-state index is 0.120. The number of hydrogen-bond acceptors (Lipinski definition) is 5. The van der Waals surface area contributed by atoms with Crippen LogP contribution in [0.25, 0.3) is 0 Å². The van der Waals surface area contributed by atoms with E-state index in [1.165, 1.54) is 11.9 Å². The second kappa shape index (κ2) is 11.2. The summed E-state index contributed by atoms with van der Waals surface area (Å²) in [7, 11) is -0.712. The minimum Gasteiger partial charge on any atom is -0.497 e. The Labute approximate surface area is 196 Å². The smallest absolute Gasteiger partial charge is 0.244 e. The third-order valence-corrected chi connectivity index (χ3v) is 6.57. The average molecular weight is 476 g/mol. The van der Waals surface area contributed by atoms with E-state index in [1.54, 1.807) is 44.4 Å². The molecule has 0 spiro atoms. The van der Waals surface area contributed by atoms with E-state index in [-0.39, 0.29) is 12.5 Å². The molecule has 2 aromatic carbocycles. The van der Waals surface area contributed by atoms with Gasteiger partial charge in [-0.1, -0.05) is 38.1 Å². The van der Waals surface area contributed by atoms with E-state index in [2.05, 4.69) is 5.32 Å². The van der Waals surface area contributed by atoms with Crippen LogP contribution in [0.15, 0.2) is 48.5 Å². The Balaban J connectivity index is 2.38. The summed E-state index contributed by atoms with van der Waals surface area (Å²) in [6.07, 6.45) is 1.06. The molecule has 2 rings (SSSR count). The SMILES string of the molecule is CNC(=O)C(C)N(Cc1cccc(OC)c1)C(=O)CN(c1ccc(C(C)C)cc1)S(C)(=O)=O. The fourth-order valence-electron chi connectivity index (χ4n) is 3.40. The summed E-state index contributed by atoms with van der Waals surface area (Å²) >= 11 is 0. The number of rotatable bonds is 10. The first-order valence-corrected chi connectivity index (χ1v) is 12.5. The van der Waals surface area contributed by atoms with Gasteiger partial charge >= 0.3 is 0 Å². The zero-order valence-electron chi connectivity index (χ0n) is 20.0. The lowest BCUT2D eigenvalue weighted by Gasteiger charge is -2.31. The monoisotopic (exact) mass is 475 g/mol. The molecule has 0 saturated carbocycles. The minimum atomic E-state index is -3.75. The maximum absolute atomic E-state index is 13.4. The number of ether oxygens (including phenoxy) is 1. The number of likely N-dealkylation sites (N-methyl/N-ethyl adjacent to an activating group) is 1. The Morgan fingerprint density at radius 1 is 1.06 bits per heavy atom. The molecule has 0 radical (unpaired) electrons. The highest BCUT2D eigenvalue weighted by molar-refractivity contribution is 7.92. The van der Waals surface area contributed by atoms with Crippen molar-refractivity contribution < 1.29 is 22.7 Å². The van der Waals surface area contributed by atoms with Gasteiger partial charge in [-0.3, -0.25) is 13.9 Å². The highest BCUT2D eigenvalue weighted by Crippen LogP contribution is 2.23. The lowest BCUT2D eigenvalue weighted by Crippen LogP contribution is -2.50. The summed E-state index contributed by atoms with van der Waals surface area (Å²) in [6.45, 7) is 5.39. The molecule has 8 nitrogen and oxygen atoms in total. The molecule has 1 atom stereocenters. The van der Waals surface area contributed by atoms with E-state index in [0.29, 0.717) is 17.4 Å². The Bertz CT molecular complexity index is 1070.